The minimum atomic E-state index is -1.81. The van der Waals surface area contributed by atoms with E-state index in [1.807, 2.05) is 0 Å². The summed E-state index contributed by atoms with van der Waals surface area (Å²) in [6.45, 7) is 1.55. The molecule has 3 aromatic rings. The highest BCUT2D eigenvalue weighted by Crippen LogP contribution is 2.39. The summed E-state index contributed by atoms with van der Waals surface area (Å²) in [5.74, 6) is -8.52. The molecule has 0 amide bonds. The van der Waals surface area contributed by atoms with Crippen LogP contribution in [0, 0.1) is 6.92 Å². The zero-order chi connectivity index (χ0) is 29.5. The van der Waals surface area contributed by atoms with Gasteiger partial charge in [-0.25, -0.2) is 4.79 Å². The van der Waals surface area contributed by atoms with E-state index in [-0.39, 0.29) is 17.5 Å². The van der Waals surface area contributed by atoms with Crippen LogP contribution in [0.2, 0.25) is 0 Å². The Kier molecular flexibility index (Phi) is 7.34. The first-order valence-electron chi connectivity index (χ1n) is 12.0. The molecule has 0 aromatic heterocycles. The average molecular weight is 546 g/mol. The molecule has 40 heavy (non-hydrogen) atoms. The third-order valence-electron chi connectivity index (χ3n) is 6.65. The fourth-order valence-electron chi connectivity index (χ4n) is 4.83. The number of rotatable bonds is 9. The number of hydrogen-bond donors (Lipinski definition) is 5. The lowest BCUT2D eigenvalue weighted by molar-refractivity contribution is -0.139. The topological polar surface area (TPSA) is 204 Å². The normalized spacial score (nSPS) is 12.8. The summed E-state index contributed by atoms with van der Waals surface area (Å²) in [5.41, 5.74) is -3.66. The van der Waals surface area contributed by atoms with E-state index in [9.17, 15) is 49.2 Å². The minimum absolute atomic E-state index is 0.00304. The number of Topliss-reactive ketones (excluding diaryl/α,β-unsaturated/α-hetero) is 1. The van der Waals surface area contributed by atoms with E-state index in [1.165, 1.54) is 18.2 Å². The summed E-state index contributed by atoms with van der Waals surface area (Å²) < 4.78 is 0. The standard InChI is InChI=1S/C29H22O11/c1-12-4-2-6-15-21(12)27(37)23-16(26(15)36)11-19(33)24(29(39)40)25(23)28(38)22-14(5-3-7-18(22)32)17(31)9-8-13(30)10-20(34)35/h2-7,11,13,30,32-33H,8-10H2,1H3,(H,34,35)(H,39,40). The Balaban J connectivity index is 1.93. The van der Waals surface area contributed by atoms with E-state index >= 15 is 0 Å². The van der Waals surface area contributed by atoms with Crippen molar-refractivity contribution in [1.29, 1.82) is 0 Å². The van der Waals surface area contributed by atoms with E-state index in [1.54, 1.807) is 13.0 Å². The minimum Gasteiger partial charge on any atom is -0.507 e. The third-order valence-corrected chi connectivity index (χ3v) is 6.65. The number of aliphatic hydroxyl groups excluding tert-OH is 1. The maximum Gasteiger partial charge on any atom is 0.340 e. The summed E-state index contributed by atoms with van der Waals surface area (Å²) >= 11 is 0. The molecule has 11 heteroatoms. The van der Waals surface area contributed by atoms with Gasteiger partial charge in [-0.2, -0.15) is 0 Å². The van der Waals surface area contributed by atoms with Crippen LogP contribution in [0.3, 0.4) is 0 Å². The van der Waals surface area contributed by atoms with Crippen LogP contribution in [-0.4, -0.2) is 66.7 Å². The van der Waals surface area contributed by atoms with Crippen molar-refractivity contribution in [2.45, 2.75) is 32.3 Å². The smallest absolute Gasteiger partial charge is 0.340 e. The molecule has 1 aliphatic rings. The number of phenols is 2. The van der Waals surface area contributed by atoms with Gasteiger partial charge < -0.3 is 25.5 Å². The Morgan fingerprint density at radius 3 is 2.12 bits per heavy atom. The predicted octanol–water partition coefficient (Wildman–Crippen LogP) is 2.91. The zero-order valence-corrected chi connectivity index (χ0v) is 20.9. The second kappa shape index (κ2) is 10.5. The van der Waals surface area contributed by atoms with Crippen LogP contribution in [0.1, 0.15) is 93.3 Å². The quantitative estimate of drug-likeness (QED) is 0.193. The van der Waals surface area contributed by atoms with Crippen molar-refractivity contribution in [2.24, 2.45) is 0 Å². The number of aliphatic carboxylic acids is 1. The van der Waals surface area contributed by atoms with Crippen LogP contribution in [0.5, 0.6) is 11.5 Å². The molecule has 0 saturated carbocycles. The number of aryl methyl sites for hydroxylation is 1. The SMILES string of the molecule is Cc1cccc2c1C(=O)c1c(cc(O)c(C(=O)O)c1C(=O)c1c(O)cccc1C(=O)CCC(O)CC(=O)O)C2=O. The van der Waals surface area contributed by atoms with Gasteiger partial charge in [0.25, 0.3) is 0 Å². The van der Waals surface area contributed by atoms with Crippen molar-refractivity contribution >= 4 is 35.1 Å². The number of carbonyl (C=O) groups is 6. The first-order chi connectivity index (χ1) is 18.8. The molecule has 204 valence electrons. The fourth-order valence-corrected chi connectivity index (χ4v) is 4.83. The highest BCUT2D eigenvalue weighted by atomic mass is 16.4. The van der Waals surface area contributed by atoms with Crippen LogP contribution in [-0.2, 0) is 4.79 Å². The number of benzene rings is 3. The number of fused-ring (bicyclic) bond motifs is 2. The maximum atomic E-state index is 14.0. The van der Waals surface area contributed by atoms with Gasteiger partial charge in [-0.3, -0.25) is 24.0 Å². The highest BCUT2D eigenvalue weighted by Gasteiger charge is 2.39. The number of ketones is 4. The summed E-state index contributed by atoms with van der Waals surface area (Å²) in [5, 5.41) is 49.8. The van der Waals surface area contributed by atoms with Crippen molar-refractivity contribution in [3.8, 4) is 11.5 Å². The van der Waals surface area contributed by atoms with E-state index < -0.39 is 98.9 Å². The van der Waals surface area contributed by atoms with E-state index in [4.69, 9.17) is 5.11 Å². The second-order valence-electron chi connectivity index (χ2n) is 9.27. The molecule has 5 N–H and O–H groups in total. The Morgan fingerprint density at radius 2 is 1.48 bits per heavy atom. The predicted molar refractivity (Wildman–Crippen MR) is 136 cm³/mol. The molecule has 0 radical (unpaired) electrons. The lowest BCUT2D eigenvalue weighted by Gasteiger charge is -2.23. The lowest BCUT2D eigenvalue weighted by atomic mass is 9.76. The molecule has 0 spiro atoms. The number of aliphatic hydroxyl groups is 1. The molecule has 0 aliphatic heterocycles. The van der Waals surface area contributed by atoms with Crippen molar-refractivity contribution in [2.75, 3.05) is 0 Å². The number of phenolic OH excluding ortho intramolecular Hbond substituents is 1. The summed E-state index contributed by atoms with van der Waals surface area (Å²) in [7, 11) is 0. The van der Waals surface area contributed by atoms with E-state index in [0.717, 1.165) is 18.2 Å². The summed E-state index contributed by atoms with van der Waals surface area (Å²) in [6, 6.07) is 8.70. The fraction of sp³-hybridized carbons (Fsp3) is 0.172. The van der Waals surface area contributed by atoms with Gasteiger partial charge in [-0.15, -0.1) is 0 Å². The first-order valence-corrected chi connectivity index (χ1v) is 12.0. The number of carboxylic acids is 2. The Morgan fingerprint density at radius 1 is 0.800 bits per heavy atom. The Hall–Kier alpha value is -5.16. The zero-order valence-electron chi connectivity index (χ0n) is 20.9. The lowest BCUT2D eigenvalue weighted by Crippen LogP contribution is -2.27. The molecule has 0 fully saturated rings. The monoisotopic (exact) mass is 546 g/mol. The molecular formula is C29H22O11. The molecular weight excluding hydrogens is 524 g/mol. The average Bonchev–Trinajstić information content (AvgIpc) is 2.88. The van der Waals surface area contributed by atoms with Gasteiger partial charge in [0.2, 0.25) is 0 Å². The molecule has 0 saturated heterocycles. The van der Waals surface area contributed by atoms with Crippen LogP contribution in [0.15, 0.2) is 42.5 Å². The van der Waals surface area contributed by atoms with Crippen LogP contribution in [0.25, 0.3) is 0 Å². The molecule has 3 aromatic carbocycles. The second-order valence-corrected chi connectivity index (χ2v) is 9.27. The molecule has 0 bridgehead atoms. The summed E-state index contributed by atoms with van der Waals surface area (Å²) in [4.78, 5) is 77.1. The van der Waals surface area contributed by atoms with Gasteiger partial charge in [0.15, 0.2) is 23.1 Å². The third kappa shape index (κ3) is 4.74. The molecule has 1 unspecified atom stereocenters. The van der Waals surface area contributed by atoms with Gasteiger partial charge >= 0.3 is 11.9 Å². The number of carboxylic acid groups (broad SMARTS) is 2. The Labute approximate surface area is 225 Å². The molecule has 4 rings (SSSR count). The van der Waals surface area contributed by atoms with E-state index in [2.05, 4.69) is 0 Å². The largest absolute Gasteiger partial charge is 0.507 e. The molecule has 1 atom stereocenters. The molecule has 1 aliphatic carbocycles. The Bertz CT molecular complexity index is 1650. The van der Waals surface area contributed by atoms with Gasteiger partial charge in [0, 0.05) is 34.2 Å². The van der Waals surface area contributed by atoms with Crippen LogP contribution < -0.4 is 0 Å². The first kappa shape index (κ1) is 27.9. The van der Waals surface area contributed by atoms with Crippen molar-refractivity contribution < 1.29 is 54.3 Å². The highest BCUT2D eigenvalue weighted by molar-refractivity contribution is 6.34. The van der Waals surface area contributed by atoms with Gasteiger partial charge in [0.1, 0.15) is 17.1 Å². The number of aromatic carboxylic acids is 1. The van der Waals surface area contributed by atoms with Gasteiger partial charge in [-0.1, -0.05) is 30.3 Å². The van der Waals surface area contributed by atoms with Gasteiger partial charge in [-0.05, 0) is 31.0 Å². The van der Waals surface area contributed by atoms with Crippen LogP contribution in [0.4, 0.5) is 0 Å². The van der Waals surface area contributed by atoms with E-state index in [0.29, 0.717) is 5.56 Å². The van der Waals surface area contributed by atoms with Gasteiger partial charge in [0.05, 0.1) is 23.7 Å². The van der Waals surface area contributed by atoms with Crippen molar-refractivity contribution in [3.63, 3.8) is 0 Å². The van der Waals surface area contributed by atoms with Crippen LogP contribution >= 0.6 is 0 Å². The summed E-state index contributed by atoms with van der Waals surface area (Å²) in [6.07, 6.45) is -2.74. The number of aromatic hydroxyl groups is 2. The maximum absolute atomic E-state index is 14.0. The van der Waals surface area contributed by atoms with Crippen molar-refractivity contribution in [1.82, 2.24) is 0 Å². The number of carbonyl (C=O) groups excluding carboxylic acids is 4. The molecule has 11 nitrogen and oxygen atoms in total. The molecule has 0 heterocycles. The van der Waals surface area contributed by atoms with Crippen molar-refractivity contribution in [3.05, 3.63) is 92.5 Å². The number of hydrogen-bond acceptors (Lipinski definition) is 9.